The molecule has 1 aliphatic rings. The van der Waals surface area contributed by atoms with E-state index in [2.05, 4.69) is 29.6 Å². The Bertz CT molecular complexity index is 1640. The lowest BCUT2D eigenvalue weighted by molar-refractivity contribution is -0.125. The van der Waals surface area contributed by atoms with E-state index < -0.39 is 22.2 Å². The minimum Gasteiger partial charge on any atom is -0.493 e. The van der Waals surface area contributed by atoms with E-state index in [9.17, 15) is 13.2 Å². The van der Waals surface area contributed by atoms with E-state index in [1.165, 1.54) is 41.8 Å². The van der Waals surface area contributed by atoms with Crippen LogP contribution in [0.3, 0.4) is 0 Å². The summed E-state index contributed by atoms with van der Waals surface area (Å²) in [5, 5.41) is 3.27. The van der Waals surface area contributed by atoms with Crippen molar-refractivity contribution >= 4 is 15.9 Å². The Kier molecular flexibility index (Phi) is 12.7. The fourth-order valence-electron chi connectivity index (χ4n) is 6.27. The first-order valence-electron chi connectivity index (χ1n) is 16.6. The zero-order valence-corrected chi connectivity index (χ0v) is 28.6. The molecule has 254 valence electrons. The molecule has 0 spiro atoms. The zero-order chi connectivity index (χ0) is 33.8. The number of ether oxygens (including phenoxy) is 3. The standard InChI is InChI=1S/C39H46N2O6S/c1-45-37-25-24-35(27-38(37)46-2)48(43,44)41-28-34(47-29-32-18-10-5-11-19-32)26-36(41)39(42)40-33(22-12-20-30-14-6-3-7-15-30)23-13-21-31-16-8-4-9-17-31/h3-11,14-19,24-25,27,33-34,36H,12-13,20-23,26,28-29H2,1-2H3,(H,40,42)/t34-,36-/m0/s1. The molecular formula is C39H46N2O6S. The molecule has 1 aliphatic heterocycles. The number of aryl methyl sites for hydroxylation is 2. The van der Waals surface area contributed by atoms with Gasteiger partial charge in [-0.15, -0.1) is 0 Å². The van der Waals surface area contributed by atoms with Gasteiger partial charge in [0, 0.05) is 25.1 Å². The second-order valence-corrected chi connectivity index (χ2v) is 14.1. The third kappa shape index (κ3) is 9.46. The van der Waals surface area contributed by atoms with Crippen LogP contribution in [-0.2, 0) is 39.0 Å². The number of carbonyl (C=O) groups is 1. The molecule has 1 amide bonds. The molecule has 8 nitrogen and oxygen atoms in total. The van der Waals surface area contributed by atoms with Crippen LogP contribution in [0, 0.1) is 0 Å². The Hall–Kier alpha value is -4.18. The van der Waals surface area contributed by atoms with Crippen molar-refractivity contribution in [2.75, 3.05) is 20.8 Å². The van der Waals surface area contributed by atoms with E-state index in [1.807, 2.05) is 66.7 Å². The van der Waals surface area contributed by atoms with Gasteiger partial charge in [0.25, 0.3) is 0 Å². The van der Waals surface area contributed by atoms with Gasteiger partial charge in [0.1, 0.15) is 6.04 Å². The van der Waals surface area contributed by atoms with E-state index in [-0.39, 0.29) is 29.8 Å². The Morgan fingerprint density at radius 2 is 1.31 bits per heavy atom. The summed E-state index contributed by atoms with van der Waals surface area (Å²) in [5.41, 5.74) is 3.50. The fraction of sp³-hybridized carbons (Fsp3) is 0.359. The van der Waals surface area contributed by atoms with Gasteiger partial charge in [0.15, 0.2) is 11.5 Å². The first-order chi connectivity index (χ1) is 23.4. The summed E-state index contributed by atoms with van der Waals surface area (Å²) in [4.78, 5) is 14.2. The highest BCUT2D eigenvalue weighted by Crippen LogP contribution is 2.34. The Morgan fingerprint density at radius 1 is 0.771 bits per heavy atom. The van der Waals surface area contributed by atoms with Gasteiger partial charge < -0.3 is 19.5 Å². The average molecular weight is 671 g/mol. The molecule has 5 rings (SSSR count). The molecular weight excluding hydrogens is 625 g/mol. The molecule has 0 bridgehead atoms. The molecule has 0 aromatic heterocycles. The molecule has 0 saturated carbocycles. The normalized spacial score (nSPS) is 16.6. The van der Waals surface area contributed by atoms with E-state index in [1.54, 1.807) is 6.07 Å². The lowest BCUT2D eigenvalue weighted by Gasteiger charge is -2.26. The molecule has 0 aliphatic carbocycles. The van der Waals surface area contributed by atoms with Crippen LogP contribution in [0.1, 0.15) is 48.8 Å². The summed E-state index contributed by atoms with van der Waals surface area (Å²) in [7, 11) is -1.13. The molecule has 4 aromatic carbocycles. The topological polar surface area (TPSA) is 94.2 Å². The van der Waals surface area contributed by atoms with Crippen LogP contribution in [0.25, 0.3) is 0 Å². The first kappa shape index (κ1) is 35.1. The molecule has 0 radical (unpaired) electrons. The molecule has 1 saturated heterocycles. The van der Waals surface area contributed by atoms with Crippen molar-refractivity contribution in [2.24, 2.45) is 0 Å². The average Bonchev–Trinajstić information content (AvgIpc) is 3.57. The van der Waals surface area contributed by atoms with Gasteiger partial charge in [0.05, 0.1) is 31.8 Å². The lowest BCUT2D eigenvalue weighted by Crippen LogP contribution is -2.48. The predicted molar refractivity (Wildman–Crippen MR) is 188 cm³/mol. The van der Waals surface area contributed by atoms with Crippen molar-refractivity contribution < 1.29 is 27.4 Å². The van der Waals surface area contributed by atoms with E-state index in [0.717, 1.165) is 44.1 Å². The molecule has 2 atom stereocenters. The Labute approximate surface area is 285 Å². The molecule has 4 aromatic rings. The van der Waals surface area contributed by atoms with Gasteiger partial charge in [0.2, 0.25) is 15.9 Å². The minimum atomic E-state index is -4.09. The van der Waals surface area contributed by atoms with Gasteiger partial charge >= 0.3 is 0 Å². The minimum absolute atomic E-state index is 0.0314. The maximum atomic E-state index is 14.2. The van der Waals surface area contributed by atoms with Gasteiger partial charge in [-0.3, -0.25) is 4.79 Å². The SMILES string of the molecule is COc1ccc(S(=O)(=O)N2C[C@@H](OCc3ccccc3)C[C@H]2C(=O)NC(CCCc2ccccc2)CCCc2ccccc2)cc1OC. The second-order valence-electron chi connectivity index (χ2n) is 12.2. The van der Waals surface area contributed by atoms with Crippen molar-refractivity contribution in [1.82, 2.24) is 9.62 Å². The highest BCUT2D eigenvalue weighted by atomic mass is 32.2. The van der Waals surface area contributed by atoms with Crippen LogP contribution >= 0.6 is 0 Å². The van der Waals surface area contributed by atoms with Crippen LogP contribution in [0.15, 0.2) is 114 Å². The summed E-state index contributed by atoms with van der Waals surface area (Å²) >= 11 is 0. The number of hydrogen-bond acceptors (Lipinski definition) is 6. The number of rotatable bonds is 17. The van der Waals surface area contributed by atoms with Gasteiger partial charge in [-0.05, 0) is 67.3 Å². The van der Waals surface area contributed by atoms with Crippen molar-refractivity contribution in [3.8, 4) is 11.5 Å². The molecule has 0 unspecified atom stereocenters. The molecule has 9 heteroatoms. The van der Waals surface area contributed by atoms with E-state index in [4.69, 9.17) is 14.2 Å². The van der Waals surface area contributed by atoms with Crippen LogP contribution < -0.4 is 14.8 Å². The van der Waals surface area contributed by atoms with Crippen molar-refractivity contribution in [1.29, 1.82) is 0 Å². The Morgan fingerprint density at radius 3 is 1.85 bits per heavy atom. The molecule has 1 heterocycles. The highest BCUT2D eigenvalue weighted by molar-refractivity contribution is 7.89. The number of hydrogen-bond donors (Lipinski definition) is 1. The third-order valence-electron chi connectivity index (χ3n) is 8.88. The summed E-state index contributed by atoms with van der Waals surface area (Å²) in [5.74, 6) is 0.423. The van der Waals surface area contributed by atoms with Gasteiger partial charge in [-0.25, -0.2) is 8.42 Å². The largest absolute Gasteiger partial charge is 0.493 e. The Balaban J connectivity index is 1.34. The maximum Gasteiger partial charge on any atom is 0.244 e. The molecule has 48 heavy (non-hydrogen) atoms. The zero-order valence-electron chi connectivity index (χ0n) is 27.8. The van der Waals surface area contributed by atoms with Crippen molar-refractivity contribution in [2.45, 2.75) is 74.6 Å². The van der Waals surface area contributed by atoms with E-state index in [0.29, 0.717) is 18.1 Å². The predicted octanol–water partition coefficient (Wildman–Crippen LogP) is 6.58. The quantitative estimate of drug-likeness (QED) is 0.136. The molecule has 1 N–H and O–H groups in total. The number of amides is 1. The fourth-order valence-corrected chi connectivity index (χ4v) is 7.92. The van der Waals surface area contributed by atoms with Gasteiger partial charge in [-0.1, -0.05) is 91.0 Å². The number of nitrogens with zero attached hydrogens (tertiary/aromatic N) is 1. The first-order valence-corrected chi connectivity index (χ1v) is 18.1. The van der Waals surface area contributed by atoms with E-state index >= 15 is 0 Å². The lowest BCUT2D eigenvalue weighted by atomic mass is 9.98. The number of carbonyl (C=O) groups excluding carboxylic acids is 1. The van der Waals surface area contributed by atoms with Crippen molar-refractivity contribution in [3.63, 3.8) is 0 Å². The second kappa shape index (κ2) is 17.3. The van der Waals surface area contributed by atoms with Crippen LogP contribution in [0.2, 0.25) is 0 Å². The summed E-state index contributed by atoms with van der Waals surface area (Å²) in [6, 6.07) is 33.9. The highest BCUT2D eigenvalue weighted by Gasteiger charge is 2.45. The summed E-state index contributed by atoms with van der Waals surface area (Å²) in [6.07, 6.45) is 5.01. The maximum absolute atomic E-state index is 14.2. The summed E-state index contributed by atoms with van der Waals surface area (Å²) in [6.45, 7) is 0.389. The van der Waals surface area contributed by atoms with Gasteiger partial charge in [-0.2, -0.15) is 4.31 Å². The van der Waals surface area contributed by atoms with Crippen molar-refractivity contribution in [3.05, 3.63) is 126 Å². The number of methoxy groups -OCH3 is 2. The monoisotopic (exact) mass is 670 g/mol. The number of nitrogens with one attached hydrogen (secondary N) is 1. The summed E-state index contributed by atoms with van der Waals surface area (Å²) < 4.78 is 46.6. The molecule has 1 fully saturated rings. The third-order valence-corrected chi connectivity index (χ3v) is 10.7. The van der Waals surface area contributed by atoms with Crippen LogP contribution in [0.4, 0.5) is 0 Å². The van der Waals surface area contributed by atoms with Crippen LogP contribution in [-0.4, -0.2) is 57.6 Å². The van der Waals surface area contributed by atoms with Crippen LogP contribution in [0.5, 0.6) is 11.5 Å². The smallest absolute Gasteiger partial charge is 0.244 e. The number of benzene rings is 4. The number of sulfonamides is 1.